The molecule has 3 aliphatic rings. The van der Waals surface area contributed by atoms with Crippen molar-refractivity contribution in [2.75, 3.05) is 0 Å². The van der Waals surface area contributed by atoms with Crippen molar-refractivity contribution in [2.24, 2.45) is 11.8 Å². The molecule has 2 saturated heterocycles. The van der Waals surface area contributed by atoms with Gasteiger partial charge in [-0.15, -0.1) is 0 Å². The second-order valence-electron chi connectivity index (χ2n) is 5.75. The second kappa shape index (κ2) is 4.41. The molecule has 4 atom stereocenters. The number of carboxylic acids is 1. The van der Waals surface area contributed by atoms with Crippen LogP contribution in [-0.2, 0) is 9.59 Å². The van der Waals surface area contributed by atoms with E-state index in [1.807, 2.05) is 4.90 Å². The van der Waals surface area contributed by atoms with Crippen LogP contribution < -0.4 is 0 Å². The number of rotatable bonds is 3. The molecule has 2 bridgehead atoms. The van der Waals surface area contributed by atoms with Crippen LogP contribution in [0, 0.1) is 11.8 Å². The molecule has 0 spiro atoms. The summed E-state index contributed by atoms with van der Waals surface area (Å²) in [6.07, 6.45) is 9.48. The normalized spacial score (nSPS) is 37.4. The van der Waals surface area contributed by atoms with Gasteiger partial charge in [0.1, 0.15) is 0 Å². The molecule has 1 aliphatic carbocycles. The van der Waals surface area contributed by atoms with Crippen molar-refractivity contribution >= 4 is 11.9 Å². The fourth-order valence-electron chi connectivity index (χ4n) is 3.84. The molecule has 2 heterocycles. The van der Waals surface area contributed by atoms with Gasteiger partial charge in [-0.25, -0.2) is 0 Å². The molecule has 18 heavy (non-hydrogen) atoms. The lowest BCUT2D eigenvalue weighted by molar-refractivity contribution is -0.143. The fraction of sp³-hybridized carbons (Fsp3) is 0.714. The molecule has 0 aromatic heterocycles. The molecular weight excluding hydrogens is 230 g/mol. The predicted molar refractivity (Wildman–Crippen MR) is 65.9 cm³/mol. The average Bonchev–Trinajstić information content (AvgIpc) is 3.02. The first-order chi connectivity index (χ1) is 8.66. The summed E-state index contributed by atoms with van der Waals surface area (Å²) in [5.41, 5.74) is 0. The summed E-state index contributed by atoms with van der Waals surface area (Å²) in [6, 6.07) is 0.152. The van der Waals surface area contributed by atoms with Gasteiger partial charge in [-0.05, 0) is 38.0 Å². The zero-order valence-electron chi connectivity index (χ0n) is 10.4. The Morgan fingerprint density at radius 2 is 2.11 bits per heavy atom. The SMILES string of the molecule is O=C(O)C1CC2CCC1N2C(=O)CC1C=CCC1. The number of hydrogen-bond donors (Lipinski definition) is 1. The van der Waals surface area contributed by atoms with Gasteiger partial charge in [0.15, 0.2) is 0 Å². The lowest BCUT2D eigenvalue weighted by Crippen LogP contribution is -2.38. The maximum atomic E-state index is 12.3. The number of aliphatic carboxylic acids is 1. The van der Waals surface area contributed by atoms with E-state index in [0.717, 1.165) is 25.7 Å². The largest absolute Gasteiger partial charge is 0.481 e. The highest BCUT2D eigenvalue weighted by Gasteiger charge is 2.51. The zero-order valence-corrected chi connectivity index (χ0v) is 10.4. The maximum Gasteiger partial charge on any atom is 0.308 e. The van der Waals surface area contributed by atoms with Crippen LogP contribution in [0.25, 0.3) is 0 Å². The number of hydrogen-bond acceptors (Lipinski definition) is 2. The molecule has 4 heteroatoms. The molecule has 0 aromatic rings. The Morgan fingerprint density at radius 3 is 2.72 bits per heavy atom. The Morgan fingerprint density at radius 1 is 1.28 bits per heavy atom. The van der Waals surface area contributed by atoms with E-state index in [-0.39, 0.29) is 23.9 Å². The third kappa shape index (κ3) is 1.84. The number of carboxylic acid groups (broad SMARTS) is 1. The summed E-state index contributed by atoms with van der Waals surface area (Å²) >= 11 is 0. The highest BCUT2D eigenvalue weighted by atomic mass is 16.4. The topological polar surface area (TPSA) is 57.6 Å². The lowest BCUT2D eigenvalue weighted by Gasteiger charge is -2.24. The molecule has 1 amide bonds. The third-order valence-electron chi connectivity index (χ3n) is 4.69. The van der Waals surface area contributed by atoms with Crippen LogP contribution in [0.3, 0.4) is 0 Å². The van der Waals surface area contributed by atoms with Gasteiger partial charge < -0.3 is 10.0 Å². The number of carbonyl (C=O) groups is 2. The number of nitrogens with zero attached hydrogens (tertiary/aromatic N) is 1. The van der Waals surface area contributed by atoms with E-state index in [9.17, 15) is 9.59 Å². The van der Waals surface area contributed by atoms with E-state index >= 15 is 0 Å². The average molecular weight is 249 g/mol. The van der Waals surface area contributed by atoms with Crippen molar-refractivity contribution < 1.29 is 14.7 Å². The van der Waals surface area contributed by atoms with Gasteiger partial charge in [-0.3, -0.25) is 9.59 Å². The zero-order chi connectivity index (χ0) is 12.7. The Hall–Kier alpha value is -1.32. The minimum atomic E-state index is -0.735. The molecule has 2 fully saturated rings. The molecule has 1 N–H and O–H groups in total. The highest BCUT2D eigenvalue weighted by molar-refractivity contribution is 5.81. The number of fused-ring (bicyclic) bond motifs is 2. The van der Waals surface area contributed by atoms with E-state index in [2.05, 4.69) is 12.2 Å². The van der Waals surface area contributed by atoms with Crippen LogP contribution in [0.4, 0.5) is 0 Å². The monoisotopic (exact) mass is 249 g/mol. The summed E-state index contributed by atoms with van der Waals surface area (Å²) in [4.78, 5) is 25.4. The molecular formula is C14H19NO3. The molecule has 2 aliphatic heterocycles. The summed E-state index contributed by atoms with van der Waals surface area (Å²) < 4.78 is 0. The van der Waals surface area contributed by atoms with Crippen molar-refractivity contribution in [3.63, 3.8) is 0 Å². The molecule has 3 rings (SSSR count). The minimum absolute atomic E-state index is 0.0367. The van der Waals surface area contributed by atoms with E-state index in [4.69, 9.17) is 5.11 Å². The fourth-order valence-corrected chi connectivity index (χ4v) is 3.84. The van der Waals surface area contributed by atoms with Crippen LogP contribution in [0.5, 0.6) is 0 Å². The highest BCUT2D eigenvalue weighted by Crippen LogP contribution is 2.42. The first-order valence-electron chi connectivity index (χ1n) is 6.87. The summed E-state index contributed by atoms with van der Waals surface area (Å²) in [5, 5.41) is 9.17. The quantitative estimate of drug-likeness (QED) is 0.776. The summed E-state index contributed by atoms with van der Waals surface area (Å²) in [7, 11) is 0. The Kier molecular flexibility index (Phi) is 2.88. The standard InChI is InChI=1S/C14H19NO3/c16-13(7-9-3-1-2-4-9)15-10-5-6-12(15)11(8-10)14(17)18/h1,3,9-12H,2,4-8H2,(H,17,18). The Bertz CT molecular complexity index is 404. The smallest absolute Gasteiger partial charge is 0.308 e. The van der Waals surface area contributed by atoms with Crippen molar-refractivity contribution in [2.45, 2.75) is 50.6 Å². The first-order valence-corrected chi connectivity index (χ1v) is 6.87. The van der Waals surface area contributed by atoms with Gasteiger partial charge >= 0.3 is 5.97 Å². The number of carbonyl (C=O) groups excluding carboxylic acids is 1. The van der Waals surface area contributed by atoms with Crippen molar-refractivity contribution in [1.29, 1.82) is 0 Å². The summed E-state index contributed by atoms with van der Waals surface area (Å²) in [5.74, 6) is -0.517. The second-order valence-corrected chi connectivity index (χ2v) is 5.75. The van der Waals surface area contributed by atoms with Gasteiger partial charge in [0.25, 0.3) is 0 Å². The van der Waals surface area contributed by atoms with E-state index < -0.39 is 5.97 Å². The molecule has 98 valence electrons. The van der Waals surface area contributed by atoms with Gasteiger partial charge in [0.2, 0.25) is 5.91 Å². The predicted octanol–water partition coefficient (Wildman–Crippen LogP) is 1.81. The minimum Gasteiger partial charge on any atom is -0.481 e. The third-order valence-corrected chi connectivity index (χ3v) is 4.69. The summed E-state index contributed by atoms with van der Waals surface area (Å²) in [6.45, 7) is 0. The van der Waals surface area contributed by atoms with Crippen LogP contribution in [0.2, 0.25) is 0 Å². The van der Waals surface area contributed by atoms with Crippen molar-refractivity contribution in [3.05, 3.63) is 12.2 Å². The number of amides is 1. The first kappa shape index (κ1) is 11.8. The van der Waals surface area contributed by atoms with Gasteiger partial charge in [0.05, 0.1) is 5.92 Å². The molecule has 0 aromatic carbocycles. The van der Waals surface area contributed by atoms with Crippen molar-refractivity contribution in [3.8, 4) is 0 Å². The van der Waals surface area contributed by atoms with Crippen LogP contribution in [0.15, 0.2) is 12.2 Å². The van der Waals surface area contributed by atoms with Gasteiger partial charge in [-0.1, -0.05) is 12.2 Å². The van der Waals surface area contributed by atoms with E-state index in [1.165, 1.54) is 0 Å². The maximum absolute atomic E-state index is 12.3. The van der Waals surface area contributed by atoms with Crippen molar-refractivity contribution in [1.82, 2.24) is 4.90 Å². The Balaban J connectivity index is 1.67. The van der Waals surface area contributed by atoms with Crippen LogP contribution >= 0.6 is 0 Å². The van der Waals surface area contributed by atoms with E-state index in [1.54, 1.807) is 0 Å². The lowest BCUT2D eigenvalue weighted by atomic mass is 9.89. The molecule has 0 radical (unpaired) electrons. The van der Waals surface area contributed by atoms with Crippen LogP contribution in [-0.4, -0.2) is 34.0 Å². The number of allylic oxidation sites excluding steroid dienone is 2. The Labute approximate surface area is 107 Å². The van der Waals surface area contributed by atoms with Crippen LogP contribution in [0.1, 0.15) is 38.5 Å². The van der Waals surface area contributed by atoms with Gasteiger partial charge in [-0.2, -0.15) is 0 Å². The van der Waals surface area contributed by atoms with Gasteiger partial charge in [0, 0.05) is 18.5 Å². The molecule has 4 nitrogen and oxygen atoms in total. The molecule has 4 unspecified atom stereocenters. The molecule has 0 saturated carbocycles. The van der Waals surface area contributed by atoms with E-state index in [0.29, 0.717) is 18.8 Å².